The van der Waals surface area contributed by atoms with Crippen LogP contribution >= 0.6 is 11.6 Å². The zero-order valence-corrected chi connectivity index (χ0v) is 10.6. The van der Waals surface area contributed by atoms with Gasteiger partial charge in [0.25, 0.3) is 0 Å². The molecule has 0 heterocycles. The summed E-state index contributed by atoms with van der Waals surface area (Å²) in [5.74, 6) is 7.06. The van der Waals surface area contributed by atoms with E-state index in [-0.39, 0.29) is 6.10 Å². The van der Waals surface area contributed by atoms with Crippen LogP contribution < -0.4 is 4.74 Å². The normalized spacial score (nSPS) is 9.75. The summed E-state index contributed by atoms with van der Waals surface area (Å²) in [6.45, 7) is 4.25. The van der Waals surface area contributed by atoms with Crippen LogP contribution in [0.25, 0.3) is 0 Å². The summed E-state index contributed by atoms with van der Waals surface area (Å²) in [6.07, 6.45) is 2.28. The van der Waals surface area contributed by atoms with Gasteiger partial charge in [0.05, 0.1) is 17.5 Å². The lowest BCUT2D eigenvalue weighted by atomic mass is 10.2. The lowest BCUT2D eigenvalue weighted by Gasteiger charge is -2.16. The Bertz CT molecular complexity index is 372. The first-order valence-corrected chi connectivity index (χ1v) is 6.15. The summed E-state index contributed by atoms with van der Waals surface area (Å²) in [4.78, 5) is 0. The maximum atomic E-state index is 5.90. The van der Waals surface area contributed by atoms with Gasteiger partial charge in [0.15, 0.2) is 0 Å². The quantitative estimate of drug-likeness (QED) is 0.570. The standard InChI is InChI=1S/C14H17ClO/c1-3-13(4-2)16-14-10-6-5-8-12(14)9-7-11-15/h5-6,8,10,13H,3-4,11H2,1-2H3. The highest BCUT2D eigenvalue weighted by molar-refractivity contribution is 6.19. The zero-order chi connectivity index (χ0) is 11.8. The Balaban J connectivity index is 2.86. The summed E-state index contributed by atoms with van der Waals surface area (Å²) in [5, 5.41) is 0. The average molecular weight is 237 g/mol. The number of para-hydroxylation sites is 1. The van der Waals surface area contributed by atoms with E-state index in [1.54, 1.807) is 0 Å². The third-order valence-corrected chi connectivity index (χ3v) is 2.51. The highest BCUT2D eigenvalue weighted by Crippen LogP contribution is 2.20. The number of alkyl halides is 1. The number of hydrogen-bond donors (Lipinski definition) is 0. The molecule has 0 atom stereocenters. The second kappa shape index (κ2) is 7.19. The second-order valence-electron chi connectivity index (χ2n) is 3.49. The van der Waals surface area contributed by atoms with Gasteiger partial charge in [-0.1, -0.05) is 37.8 Å². The SMILES string of the molecule is CCC(CC)Oc1ccccc1C#CCCl. The van der Waals surface area contributed by atoms with E-state index in [0.717, 1.165) is 24.2 Å². The van der Waals surface area contributed by atoms with E-state index < -0.39 is 0 Å². The van der Waals surface area contributed by atoms with Crippen LogP contribution in [0.4, 0.5) is 0 Å². The molecule has 0 bridgehead atoms. The first-order valence-electron chi connectivity index (χ1n) is 5.62. The molecule has 1 aromatic rings. The van der Waals surface area contributed by atoms with Crippen LogP contribution in [-0.2, 0) is 0 Å². The van der Waals surface area contributed by atoms with Gasteiger partial charge in [-0.05, 0) is 25.0 Å². The molecule has 0 fully saturated rings. The van der Waals surface area contributed by atoms with E-state index in [1.807, 2.05) is 24.3 Å². The number of ether oxygens (including phenoxy) is 1. The minimum Gasteiger partial charge on any atom is -0.489 e. The molecular formula is C14H17ClO. The Morgan fingerprint density at radius 3 is 2.56 bits per heavy atom. The smallest absolute Gasteiger partial charge is 0.135 e. The minimum absolute atomic E-state index is 0.263. The van der Waals surface area contributed by atoms with Crippen LogP contribution in [0.15, 0.2) is 24.3 Å². The molecule has 0 unspecified atom stereocenters. The van der Waals surface area contributed by atoms with Gasteiger partial charge < -0.3 is 4.74 Å². The summed E-state index contributed by atoms with van der Waals surface area (Å²) in [5.41, 5.74) is 0.912. The Morgan fingerprint density at radius 2 is 1.94 bits per heavy atom. The molecule has 86 valence electrons. The summed E-state index contributed by atoms with van der Waals surface area (Å²) < 4.78 is 5.90. The zero-order valence-electron chi connectivity index (χ0n) is 9.79. The molecule has 0 aliphatic carbocycles. The van der Waals surface area contributed by atoms with Gasteiger partial charge in [0, 0.05) is 0 Å². The van der Waals surface area contributed by atoms with Crippen molar-refractivity contribution in [1.82, 2.24) is 0 Å². The molecule has 0 N–H and O–H groups in total. The third-order valence-electron chi connectivity index (χ3n) is 2.38. The average Bonchev–Trinajstić information content (AvgIpc) is 2.34. The highest BCUT2D eigenvalue weighted by Gasteiger charge is 2.07. The van der Waals surface area contributed by atoms with E-state index in [9.17, 15) is 0 Å². The lowest BCUT2D eigenvalue weighted by Crippen LogP contribution is -2.14. The minimum atomic E-state index is 0.263. The first-order chi connectivity index (χ1) is 7.81. The fourth-order valence-electron chi connectivity index (χ4n) is 1.44. The van der Waals surface area contributed by atoms with Crippen LogP contribution in [0.2, 0.25) is 0 Å². The van der Waals surface area contributed by atoms with Gasteiger partial charge in [-0.25, -0.2) is 0 Å². The molecule has 1 nitrogen and oxygen atoms in total. The molecule has 0 aliphatic rings. The predicted molar refractivity (Wildman–Crippen MR) is 69.0 cm³/mol. The van der Waals surface area contributed by atoms with Crippen molar-refractivity contribution in [1.29, 1.82) is 0 Å². The summed E-state index contributed by atoms with van der Waals surface area (Å²) in [6, 6.07) is 7.83. The van der Waals surface area contributed by atoms with Crippen molar-refractivity contribution < 1.29 is 4.74 Å². The Morgan fingerprint density at radius 1 is 1.25 bits per heavy atom. The summed E-state index contributed by atoms with van der Waals surface area (Å²) in [7, 11) is 0. The second-order valence-corrected chi connectivity index (χ2v) is 3.76. The monoisotopic (exact) mass is 236 g/mol. The highest BCUT2D eigenvalue weighted by atomic mass is 35.5. The van der Waals surface area contributed by atoms with Crippen molar-refractivity contribution >= 4 is 11.6 Å². The molecule has 0 aliphatic heterocycles. The van der Waals surface area contributed by atoms with Gasteiger partial charge in [0.1, 0.15) is 5.75 Å². The number of halogens is 1. The van der Waals surface area contributed by atoms with E-state index in [2.05, 4.69) is 25.7 Å². The molecule has 0 saturated carbocycles. The van der Waals surface area contributed by atoms with Crippen LogP contribution in [0.5, 0.6) is 5.75 Å². The topological polar surface area (TPSA) is 9.23 Å². The molecule has 16 heavy (non-hydrogen) atoms. The molecule has 1 aromatic carbocycles. The van der Waals surface area contributed by atoms with Gasteiger partial charge >= 0.3 is 0 Å². The molecular weight excluding hydrogens is 220 g/mol. The number of hydrogen-bond acceptors (Lipinski definition) is 1. The Hall–Kier alpha value is -1.13. The Labute approximate surface area is 103 Å². The van der Waals surface area contributed by atoms with Crippen molar-refractivity contribution in [3.63, 3.8) is 0 Å². The van der Waals surface area contributed by atoms with E-state index in [0.29, 0.717) is 5.88 Å². The van der Waals surface area contributed by atoms with E-state index in [1.165, 1.54) is 0 Å². The van der Waals surface area contributed by atoms with Crippen LogP contribution in [0, 0.1) is 11.8 Å². The maximum absolute atomic E-state index is 5.90. The molecule has 0 spiro atoms. The molecule has 0 radical (unpaired) electrons. The molecule has 0 aromatic heterocycles. The van der Waals surface area contributed by atoms with Gasteiger partial charge in [-0.15, -0.1) is 11.6 Å². The van der Waals surface area contributed by atoms with Crippen molar-refractivity contribution in [3.05, 3.63) is 29.8 Å². The van der Waals surface area contributed by atoms with E-state index in [4.69, 9.17) is 16.3 Å². The fraction of sp³-hybridized carbons (Fsp3) is 0.429. The molecule has 2 heteroatoms. The van der Waals surface area contributed by atoms with Gasteiger partial charge in [-0.3, -0.25) is 0 Å². The Kier molecular flexibility index (Phi) is 5.82. The molecule has 1 rings (SSSR count). The largest absolute Gasteiger partial charge is 0.489 e. The third kappa shape index (κ3) is 3.79. The number of rotatable bonds is 4. The lowest BCUT2D eigenvalue weighted by molar-refractivity contribution is 0.192. The van der Waals surface area contributed by atoms with Crippen LogP contribution in [-0.4, -0.2) is 12.0 Å². The molecule has 0 amide bonds. The van der Waals surface area contributed by atoms with Crippen molar-refractivity contribution in [2.45, 2.75) is 32.8 Å². The van der Waals surface area contributed by atoms with Crippen LogP contribution in [0.1, 0.15) is 32.3 Å². The van der Waals surface area contributed by atoms with Crippen molar-refractivity contribution in [3.8, 4) is 17.6 Å². The van der Waals surface area contributed by atoms with Crippen molar-refractivity contribution in [2.24, 2.45) is 0 Å². The van der Waals surface area contributed by atoms with Crippen LogP contribution in [0.3, 0.4) is 0 Å². The molecule has 0 saturated heterocycles. The summed E-state index contributed by atoms with van der Waals surface area (Å²) >= 11 is 5.55. The fourth-order valence-corrected chi connectivity index (χ4v) is 1.50. The van der Waals surface area contributed by atoms with E-state index >= 15 is 0 Å². The number of benzene rings is 1. The van der Waals surface area contributed by atoms with Crippen molar-refractivity contribution in [2.75, 3.05) is 5.88 Å². The first kappa shape index (κ1) is 12.9. The van der Waals surface area contributed by atoms with Gasteiger partial charge in [0.2, 0.25) is 0 Å². The van der Waals surface area contributed by atoms with Gasteiger partial charge in [-0.2, -0.15) is 0 Å². The predicted octanol–water partition coefficient (Wildman–Crippen LogP) is 3.84. The maximum Gasteiger partial charge on any atom is 0.135 e.